The van der Waals surface area contributed by atoms with Gasteiger partial charge in [-0.2, -0.15) is 0 Å². The summed E-state index contributed by atoms with van der Waals surface area (Å²) in [4.78, 5) is 18.4. The van der Waals surface area contributed by atoms with Gasteiger partial charge in [-0.3, -0.25) is 9.78 Å². The quantitative estimate of drug-likeness (QED) is 0.296. The van der Waals surface area contributed by atoms with Crippen molar-refractivity contribution in [3.05, 3.63) is 70.9 Å². The van der Waals surface area contributed by atoms with Crippen molar-refractivity contribution in [2.24, 2.45) is 11.8 Å². The van der Waals surface area contributed by atoms with E-state index in [2.05, 4.69) is 28.1 Å². The first-order chi connectivity index (χ1) is 17.5. The van der Waals surface area contributed by atoms with Crippen LogP contribution in [0.25, 0.3) is 10.9 Å². The SMILES string of the molecule is COc1ccc2nccc(CCCC3CCN(CCCc4ccccc4Cl)CC3CCC(=O)O)c2c1. The summed E-state index contributed by atoms with van der Waals surface area (Å²) in [6, 6.07) is 16.2. The normalized spacial score (nSPS) is 18.4. The predicted octanol–water partition coefficient (Wildman–Crippen LogP) is 6.66. The third kappa shape index (κ3) is 7.21. The van der Waals surface area contributed by atoms with Gasteiger partial charge < -0.3 is 14.7 Å². The fraction of sp³-hybridized carbons (Fsp3) is 0.467. The Hall–Kier alpha value is -2.63. The fourth-order valence-electron chi connectivity index (χ4n) is 5.65. The number of hydrogen-bond donors (Lipinski definition) is 1. The van der Waals surface area contributed by atoms with E-state index in [0.717, 1.165) is 86.3 Å². The van der Waals surface area contributed by atoms with Crippen LogP contribution >= 0.6 is 11.6 Å². The molecule has 192 valence electrons. The number of likely N-dealkylation sites (tertiary alicyclic amines) is 1. The molecule has 1 aliphatic rings. The van der Waals surface area contributed by atoms with Gasteiger partial charge in [0.2, 0.25) is 0 Å². The number of nitrogens with zero attached hydrogens (tertiary/aromatic N) is 2. The largest absolute Gasteiger partial charge is 0.497 e. The molecular weight excluding hydrogens is 472 g/mol. The molecule has 2 aromatic carbocycles. The first kappa shape index (κ1) is 26.4. The molecule has 2 heterocycles. The number of carbonyl (C=O) groups is 1. The van der Waals surface area contributed by atoms with E-state index in [4.69, 9.17) is 16.3 Å². The third-order valence-electron chi connectivity index (χ3n) is 7.64. The van der Waals surface area contributed by atoms with Crippen molar-refractivity contribution in [1.29, 1.82) is 0 Å². The Labute approximate surface area is 219 Å². The molecule has 0 spiro atoms. The zero-order chi connectivity index (χ0) is 25.3. The molecule has 4 rings (SSSR count). The topological polar surface area (TPSA) is 62.7 Å². The van der Waals surface area contributed by atoms with Crippen LogP contribution in [-0.2, 0) is 17.6 Å². The minimum absolute atomic E-state index is 0.253. The third-order valence-corrected chi connectivity index (χ3v) is 8.01. The van der Waals surface area contributed by atoms with E-state index in [1.807, 2.05) is 36.5 Å². The van der Waals surface area contributed by atoms with E-state index < -0.39 is 5.97 Å². The van der Waals surface area contributed by atoms with Crippen LogP contribution in [0.1, 0.15) is 49.7 Å². The molecule has 5 nitrogen and oxygen atoms in total. The second kappa shape index (κ2) is 13.1. The van der Waals surface area contributed by atoms with Gasteiger partial charge in [-0.1, -0.05) is 29.8 Å². The van der Waals surface area contributed by atoms with E-state index >= 15 is 0 Å². The summed E-state index contributed by atoms with van der Waals surface area (Å²) in [6.07, 6.45) is 9.31. The first-order valence-electron chi connectivity index (χ1n) is 13.1. The molecular formula is C30H37ClN2O3. The number of pyridine rings is 1. The van der Waals surface area contributed by atoms with Crippen molar-refractivity contribution in [1.82, 2.24) is 9.88 Å². The number of ether oxygens (including phenoxy) is 1. The smallest absolute Gasteiger partial charge is 0.303 e. The zero-order valence-corrected chi connectivity index (χ0v) is 21.9. The average Bonchev–Trinajstić information content (AvgIpc) is 2.89. The van der Waals surface area contributed by atoms with Gasteiger partial charge in [0, 0.05) is 29.6 Å². The summed E-state index contributed by atoms with van der Waals surface area (Å²) in [6.45, 7) is 3.12. The molecule has 0 amide bonds. The van der Waals surface area contributed by atoms with E-state index in [0.29, 0.717) is 11.8 Å². The lowest BCUT2D eigenvalue weighted by Gasteiger charge is -2.39. The number of aryl methyl sites for hydroxylation is 2. The Morgan fingerprint density at radius 1 is 1.08 bits per heavy atom. The highest BCUT2D eigenvalue weighted by molar-refractivity contribution is 6.31. The number of piperidine rings is 1. The molecule has 0 aliphatic carbocycles. The number of carboxylic acid groups (broad SMARTS) is 1. The monoisotopic (exact) mass is 508 g/mol. The number of halogens is 1. The van der Waals surface area contributed by atoms with Gasteiger partial charge in [-0.05, 0) is 111 Å². The summed E-state index contributed by atoms with van der Waals surface area (Å²) in [5.74, 6) is 1.17. The standard InChI is InChI=1S/C30H37ClN2O3/c1-36-26-12-13-29-27(20-26)23(15-17-32-29)8-4-7-22-16-19-33(21-25(22)11-14-30(34)35)18-5-9-24-6-2-3-10-28(24)31/h2-3,6,10,12-13,15,17,20,22,25H,4-5,7-9,11,14,16,18-19,21H2,1H3,(H,34,35). The Morgan fingerprint density at radius 2 is 1.92 bits per heavy atom. The lowest BCUT2D eigenvalue weighted by Crippen LogP contribution is -2.41. The van der Waals surface area contributed by atoms with Crippen molar-refractivity contribution >= 4 is 28.5 Å². The average molecular weight is 509 g/mol. The van der Waals surface area contributed by atoms with Gasteiger partial charge in [0.15, 0.2) is 0 Å². The van der Waals surface area contributed by atoms with Gasteiger partial charge in [0.25, 0.3) is 0 Å². The molecule has 6 heteroatoms. The molecule has 0 saturated carbocycles. The zero-order valence-electron chi connectivity index (χ0n) is 21.2. The highest BCUT2D eigenvalue weighted by Crippen LogP contribution is 2.32. The van der Waals surface area contributed by atoms with Gasteiger partial charge in [0.05, 0.1) is 12.6 Å². The Balaban J connectivity index is 1.32. The van der Waals surface area contributed by atoms with Gasteiger partial charge in [-0.15, -0.1) is 0 Å². The van der Waals surface area contributed by atoms with Crippen molar-refractivity contribution in [2.75, 3.05) is 26.7 Å². The van der Waals surface area contributed by atoms with Crippen LogP contribution in [0.2, 0.25) is 5.02 Å². The van der Waals surface area contributed by atoms with E-state index in [1.54, 1.807) is 7.11 Å². The number of fused-ring (bicyclic) bond motifs is 1. The highest BCUT2D eigenvalue weighted by Gasteiger charge is 2.29. The van der Waals surface area contributed by atoms with Crippen molar-refractivity contribution in [3.8, 4) is 5.75 Å². The van der Waals surface area contributed by atoms with Gasteiger partial charge >= 0.3 is 5.97 Å². The molecule has 2 unspecified atom stereocenters. The number of aliphatic carboxylic acids is 1. The number of benzene rings is 2. The van der Waals surface area contributed by atoms with E-state index in [1.165, 1.54) is 11.1 Å². The highest BCUT2D eigenvalue weighted by atomic mass is 35.5. The minimum atomic E-state index is -0.693. The van der Waals surface area contributed by atoms with Crippen molar-refractivity contribution in [2.45, 2.75) is 51.4 Å². The molecule has 1 N–H and O–H groups in total. The number of hydrogen-bond acceptors (Lipinski definition) is 4. The fourth-order valence-corrected chi connectivity index (χ4v) is 5.88. The molecule has 3 aromatic rings. The maximum Gasteiger partial charge on any atom is 0.303 e. The molecule has 0 bridgehead atoms. The molecule has 1 saturated heterocycles. The van der Waals surface area contributed by atoms with Gasteiger partial charge in [0.1, 0.15) is 5.75 Å². The second-order valence-corrected chi connectivity index (χ2v) is 10.4. The maximum atomic E-state index is 11.3. The van der Waals surface area contributed by atoms with Crippen LogP contribution in [0.15, 0.2) is 54.7 Å². The minimum Gasteiger partial charge on any atom is -0.497 e. The Kier molecular flexibility index (Phi) is 9.60. The van der Waals surface area contributed by atoms with Crippen LogP contribution in [0.3, 0.4) is 0 Å². The van der Waals surface area contributed by atoms with Crippen LogP contribution in [0, 0.1) is 11.8 Å². The number of aromatic nitrogens is 1. The number of carboxylic acids is 1. The lowest BCUT2D eigenvalue weighted by atomic mass is 9.79. The molecule has 1 aliphatic heterocycles. The van der Waals surface area contributed by atoms with Gasteiger partial charge in [-0.25, -0.2) is 0 Å². The number of rotatable bonds is 12. The molecule has 1 aromatic heterocycles. The summed E-state index contributed by atoms with van der Waals surface area (Å²) in [7, 11) is 1.69. The summed E-state index contributed by atoms with van der Waals surface area (Å²) >= 11 is 6.32. The molecule has 1 fully saturated rings. The summed E-state index contributed by atoms with van der Waals surface area (Å²) in [5, 5.41) is 11.3. The summed E-state index contributed by atoms with van der Waals surface area (Å²) in [5.41, 5.74) is 3.51. The second-order valence-electron chi connectivity index (χ2n) is 9.98. The van der Waals surface area contributed by atoms with Crippen LogP contribution in [0.5, 0.6) is 5.75 Å². The Bertz CT molecular complexity index is 1150. The molecule has 0 radical (unpaired) electrons. The van der Waals surface area contributed by atoms with Crippen LogP contribution in [-0.4, -0.2) is 47.7 Å². The van der Waals surface area contributed by atoms with Crippen molar-refractivity contribution in [3.63, 3.8) is 0 Å². The Morgan fingerprint density at radius 3 is 2.72 bits per heavy atom. The van der Waals surface area contributed by atoms with E-state index in [9.17, 15) is 9.90 Å². The summed E-state index contributed by atoms with van der Waals surface area (Å²) < 4.78 is 5.42. The first-order valence-corrected chi connectivity index (χ1v) is 13.5. The number of methoxy groups -OCH3 is 1. The van der Waals surface area contributed by atoms with Crippen molar-refractivity contribution < 1.29 is 14.6 Å². The van der Waals surface area contributed by atoms with Crippen LogP contribution in [0.4, 0.5) is 0 Å². The molecule has 2 atom stereocenters. The lowest BCUT2D eigenvalue weighted by molar-refractivity contribution is -0.137. The van der Waals surface area contributed by atoms with E-state index in [-0.39, 0.29) is 6.42 Å². The molecule has 36 heavy (non-hydrogen) atoms. The maximum absolute atomic E-state index is 11.3. The van der Waals surface area contributed by atoms with Crippen LogP contribution < -0.4 is 4.74 Å². The predicted molar refractivity (Wildman–Crippen MR) is 146 cm³/mol.